The molecule has 0 aromatic carbocycles. The summed E-state index contributed by atoms with van der Waals surface area (Å²) in [5.41, 5.74) is 0.104. The molecule has 2 atom stereocenters. The number of allylic oxidation sites excluding steroid dienone is 3. The van der Waals surface area contributed by atoms with Crippen molar-refractivity contribution in [1.82, 2.24) is 0 Å². The molecule has 0 aliphatic heterocycles. The van der Waals surface area contributed by atoms with Crippen LogP contribution in [0.5, 0.6) is 0 Å². The van der Waals surface area contributed by atoms with E-state index in [2.05, 4.69) is 13.8 Å². The topological polar surface area (TPSA) is 101 Å². The summed E-state index contributed by atoms with van der Waals surface area (Å²) in [6.07, 6.45) is 17.4. The lowest BCUT2D eigenvalue weighted by molar-refractivity contribution is -0.139. The summed E-state index contributed by atoms with van der Waals surface area (Å²) in [7, 11) is 0. The summed E-state index contributed by atoms with van der Waals surface area (Å²) >= 11 is 0. The summed E-state index contributed by atoms with van der Waals surface area (Å²) in [6.45, 7) is 6.54. The zero-order valence-electron chi connectivity index (χ0n) is 21.9. The van der Waals surface area contributed by atoms with Gasteiger partial charge in [0.2, 0.25) is 0 Å². The number of carbonyl (C=O) groups is 3. The molecule has 6 nitrogen and oxygen atoms in total. The summed E-state index contributed by atoms with van der Waals surface area (Å²) in [5, 5.41) is 19.7. The first-order valence-corrected chi connectivity index (χ1v) is 13.6. The zero-order chi connectivity index (χ0) is 25.8. The summed E-state index contributed by atoms with van der Waals surface area (Å²) in [4.78, 5) is 37.2. The third-order valence-corrected chi connectivity index (χ3v) is 7.33. The van der Waals surface area contributed by atoms with E-state index in [1.165, 1.54) is 38.5 Å². The molecule has 0 aromatic rings. The molecule has 6 heteroatoms. The summed E-state index contributed by atoms with van der Waals surface area (Å²) < 4.78 is 5.61. The van der Waals surface area contributed by atoms with Crippen molar-refractivity contribution >= 4 is 17.9 Å². The van der Waals surface area contributed by atoms with Gasteiger partial charge in [0, 0.05) is 16.9 Å². The molecule has 0 saturated heterocycles. The van der Waals surface area contributed by atoms with Crippen LogP contribution in [0.25, 0.3) is 0 Å². The number of rotatable bonds is 18. The normalized spacial score (nSPS) is 21.4. The van der Waals surface area contributed by atoms with Crippen molar-refractivity contribution in [2.24, 2.45) is 11.3 Å². The van der Waals surface area contributed by atoms with E-state index < -0.39 is 29.2 Å². The Hall–Kier alpha value is -2.37. The number of unbranched alkanes of at least 4 members (excludes halogenated alkanes) is 10. The van der Waals surface area contributed by atoms with Crippen molar-refractivity contribution in [2.75, 3.05) is 6.61 Å². The van der Waals surface area contributed by atoms with Crippen LogP contribution in [0.1, 0.15) is 111 Å². The van der Waals surface area contributed by atoms with Gasteiger partial charge in [-0.2, -0.15) is 0 Å². The molecule has 2 bridgehead atoms. The third kappa shape index (κ3) is 7.81. The number of carboxylic acid groups (broad SMARTS) is 2. The molecule has 196 valence electrons. The van der Waals surface area contributed by atoms with Crippen LogP contribution in [-0.2, 0) is 19.1 Å². The lowest BCUT2D eigenvalue weighted by Crippen LogP contribution is -2.24. The second-order valence-electron chi connectivity index (χ2n) is 10.2. The number of carboxylic acids is 2. The monoisotopic (exact) mass is 488 g/mol. The molecule has 0 saturated carbocycles. The van der Waals surface area contributed by atoms with Gasteiger partial charge in [-0.25, -0.2) is 14.4 Å². The molecule has 0 amide bonds. The fourth-order valence-corrected chi connectivity index (χ4v) is 5.52. The Morgan fingerprint density at radius 1 is 0.914 bits per heavy atom. The predicted molar refractivity (Wildman–Crippen MR) is 137 cm³/mol. The Kier molecular flexibility index (Phi) is 11.8. The van der Waals surface area contributed by atoms with E-state index in [4.69, 9.17) is 4.74 Å². The molecular weight excluding hydrogens is 444 g/mol. The first kappa shape index (κ1) is 28.9. The molecule has 2 aliphatic rings. The average Bonchev–Trinajstić information content (AvgIpc) is 3.31. The average molecular weight is 489 g/mol. The van der Waals surface area contributed by atoms with Crippen molar-refractivity contribution in [3.63, 3.8) is 0 Å². The van der Waals surface area contributed by atoms with Crippen LogP contribution in [0.2, 0.25) is 0 Å². The molecule has 0 fully saturated rings. The highest BCUT2D eigenvalue weighted by molar-refractivity contribution is 6.04. The number of fused-ring (bicyclic) bond motifs is 2. The van der Waals surface area contributed by atoms with Crippen molar-refractivity contribution in [2.45, 2.75) is 111 Å². The number of hydrogen-bond acceptors (Lipinski definition) is 4. The summed E-state index contributed by atoms with van der Waals surface area (Å²) in [6, 6.07) is 0. The van der Waals surface area contributed by atoms with Gasteiger partial charge in [0.25, 0.3) is 0 Å². The van der Waals surface area contributed by atoms with Gasteiger partial charge in [-0.05, 0) is 32.6 Å². The Morgan fingerprint density at radius 2 is 1.49 bits per heavy atom. The minimum atomic E-state index is -1.23. The van der Waals surface area contributed by atoms with Crippen molar-refractivity contribution < 1.29 is 29.3 Å². The molecule has 2 unspecified atom stereocenters. The van der Waals surface area contributed by atoms with Crippen LogP contribution < -0.4 is 0 Å². The molecule has 35 heavy (non-hydrogen) atoms. The molecule has 0 radical (unpaired) electrons. The van der Waals surface area contributed by atoms with E-state index in [-0.39, 0.29) is 11.1 Å². The van der Waals surface area contributed by atoms with Gasteiger partial charge in [0.15, 0.2) is 0 Å². The van der Waals surface area contributed by atoms with E-state index in [9.17, 15) is 24.6 Å². The van der Waals surface area contributed by atoms with Gasteiger partial charge in [-0.15, -0.1) is 0 Å². The third-order valence-electron chi connectivity index (χ3n) is 7.33. The predicted octanol–water partition coefficient (Wildman–Crippen LogP) is 7.00. The quantitative estimate of drug-likeness (QED) is 0.0932. The smallest absolute Gasteiger partial charge is 0.333 e. The maximum absolute atomic E-state index is 13.1. The van der Waals surface area contributed by atoms with Crippen molar-refractivity contribution in [3.05, 3.63) is 34.4 Å². The first-order chi connectivity index (χ1) is 16.8. The van der Waals surface area contributed by atoms with Crippen LogP contribution in [-0.4, -0.2) is 34.7 Å². The van der Waals surface area contributed by atoms with Gasteiger partial charge in [-0.3, -0.25) is 0 Å². The molecule has 2 N–H and O–H groups in total. The highest BCUT2D eigenvalue weighted by Gasteiger charge is 2.53. The van der Waals surface area contributed by atoms with Crippen LogP contribution in [0, 0.1) is 11.3 Å². The van der Waals surface area contributed by atoms with E-state index in [0.717, 1.165) is 44.1 Å². The van der Waals surface area contributed by atoms with Gasteiger partial charge >= 0.3 is 17.9 Å². The molecule has 2 aliphatic carbocycles. The zero-order valence-corrected chi connectivity index (χ0v) is 21.9. The molecular formula is C29H44O6. The lowest BCUT2D eigenvalue weighted by Gasteiger charge is -2.24. The minimum absolute atomic E-state index is 0.0480. The Morgan fingerprint density at radius 3 is 2.06 bits per heavy atom. The van der Waals surface area contributed by atoms with Crippen LogP contribution in [0.4, 0.5) is 0 Å². The second-order valence-corrected chi connectivity index (χ2v) is 10.2. The van der Waals surface area contributed by atoms with Gasteiger partial charge < -0.3 is 14.9 Å². The molecule has 2 rings (SSSR count). The Bertz CT molecular complexity index is 849. The van der Waals surface area contributed by atoms with Crippen LogP contribution >= 0.6 is 0 Å². The SMILES string of the molecule is CCCCCCCCOC(=O)C(=CC12C=C(C)C(C1)C(C(=O)O)=C2C(=O)O)CCCCCCCC. The number of ether oxygens (including phenoxy) is 1. The number of carbonyl (C=O) groups excluding carboxylic acids is 1. The molecule has 0 spiro atoms. The first-order valence-electron chi connectivity index (χ1n) is 13.6. The lowest BCUT2D eigenvalue weighted by atomic mass is 9.78. The Labute approximate surface area is 210 Å². The van der Waals surface area contributed by atoms with E-state index in [0.29, 0.717) is 25.0 Å². The van der Waals surface area contributed by atoms with Gasteiger partial charge in [0.1, 0.15) is 0 Å². The fraction of sp³-hybridized carbons (Fsp3) is 0.690. The highest BCUT2D eigenvalue weighted by Crippen LogP contribution is 2.57. The van der Waals surface area contributed by atoms with E-state index in [1.54, 1.807) is 6.08 Å². The largest absolute Gasteiger partial charge is 0.478 e. The van der Waals surface area contributed by atoms with Crippen LogP contribution in [0.3, 0.4) is 0 Å². The molecule has 0 heterocycles. The number of hydrogen-bond donors (Lipinski definition) is 2. The standard InChI is InChI=1S/C29H44O6/c1-4-6-8-10-12-14-16-22(28(34)35-17-15-13-11-9-7-5-2)19-29-18-21(3)23(20-29)24(26(30)31)25(29)27(32)33/h18-19,23H,4-17,20H2,1-3H3,(H,30,31)(H,32,33). The number of aliphatic carboxylic acids is 2. The Balaban J connectivity index is 2.18. The van der Waals surface area contributed by atoms with Gasteiger partial charge in [-0.1, -0.05) is 95.8 Å². The minimum Gasteiger partial charge on any atom is -0.478 e. The highest BCUT2D eigenvalue weighted by atomic mass is 16.5. The second kappa shape index (κ2) is 14.3. The van der Waals surface area contributed by atoms with Gasteiger partial charge in [0.05, 0.1) is 17.8 Å². The fourth-order valence-electron chi connectivity index (χ4n) is 5.52. The van der Waals surface area contributed by atoms with E-state index >= 15 is 0 Å². The maximum Gasteiger partial charge on any atom is 0.333 e. The maximum atomic E-state index is 13.1. The molecule has 0 aromatic heterocycles. The summed E-state index contributed by atoms with van der Waals surface area (Å²) in [5.74, 6) is -3.25. The number of esters is 1. The van der Waals surface area contributed by atoms with Crippen molar-refractivity contribution in [1.29, 1.82) is 0 Å². The van der Waals surface area contributed by atoms with E-state index in [1.807, 2.05) is 13.0 Å². The van der Waals surface area contributed by atoms with Crippen LogP contribution in [0.15, 0.2) is 34.4 Å². The van der Waals surface area contributed by atoms with Crippen molar-refractivity contribution in [3.8, 4) is 0 Å².